The van der Waals surface area contributed by atoms with Gasteiger partial charge in [0.2, 0.25) is 10.0 Å². The van der Waals surface area contributed by atoms with Crippen LogP contribution in [0.2, 0.25) is 0 Å². The molecule has 1 aromatic carbocycles. The largest absolute Gasteiger partial charge is 0.481 e. The summed E-state index contributed by atoms with van der Waals surface area (Å²) in [5.74, 6) is -0.834. The molecule has 0 atom stereocenters. The van der Waals surface area contributed by atoms with Gasteiger partial charge in [0.1, 0.15) is 4.90 Å². The van der Waals surface area contributed by atoms with Crippen LogP contribution in [0.3, 0.4) is 0 Å². The molecule has 1 aromatic rings. The Hall–Kier alpha value is -1.60. The molecule has 1 saturated carbocycles. The Balaban J connectivity index is 2.16. The standard InChI is InChI=1S/C14H20N2O4S/c1-2-9-16-21(19,20)12-6-4-3-5-11(12)15-10-14(7-8-14)13(17)18/h3-6,15-16H,2,7-10H2,1H3,(H,17,18). The van der Waals surface area contributed by atoms with Crippen molar-refractivity contribution < 1.29 is 18.3 Å². The summed E-state index contributed by atoms with van der Waals surface area (Å²) >= 11 is 0. The zero-order valence-electron chi connectivity index (χ0n) is 11.9. The maximum Gasteiger partial charge on any atom is 0.311 e. The lowest BCUT2D eigenvalue weighted by atomic mass is 10.1. The van der Waals surface area contributed by atoms with Gasteiger partial charge in [0.15, 0.2) is 0 Å². The maximum atomic E-state index is 12.2. The molecule has 0 bridgehead atoms. The molecule has 0 saturated heterocycles. The third kappa shape index (κ3) is 3.54. The van der Waals surface area contributed by atoms with Crippen molar-refractivity contribution in [3.05, 3.63) is 24.3 Å². The molecule has 2 rings (SSSR count). The van der Waals surface area contributed by atoms with Gasteiger partial charge < -0.3 is 10.4 Å². The minimum Gasteiger partial charge on any atom is -0.481 e. The van der Waals surface area contributed by atoms with Crippen LogP contribution in [0.25, 0.3) is 0 Å². The molecule has 1 aliphatic rings. The van der Waals surface area contributed by atoms with Gasteiger partial charge in [-0.1, -0.05) is 19.1 Å². The molecule has 21 heavy (non-hydrogen) atoms. The highest BCUT2D eigenvalue weighted by molar-refractivity contribution is 7.89. The van der Waals surface area contributed by atoms with Crippen molar-refractivity contribution in [3.63, 3.8) is 0 Å². The molecule has 0 spiro atoms. The van der Waals surface area contributed by atoms with Gasteiger partial charge in [0.25, 0.3) is 0 Å². The van der Waals surface area contributed by atoms with Crippen molar-refractivity contribution in [2.24, 2.45) is 5.41 Å². The third-order valence-corrected chi connectivity index (χ3v) is 5.16. The summed E-state index contributed by atoms with van der Waals surface area (Å²) in [6, 6.07) is 6.54. The fraction of sp³-hybridized carbons (Fsp3) is 0.500. The summed E-state index contributed by atoms with van der Waals surface area (Å²) in [7, 11) is -3.58. The lowest BCUT2D eigenvalue weighted by molar-refractivity contribution is -0.142. The van der Waals surface area contributed by atoms with Crippen LogP contribution in [0.5, 0.6) is 0 Å². The topological polar surface area (TPSA) is 95.5 Å². The minimum absolute atomic E-state index is 0.152. The number of para-hydroxylation sites is 1. The average molecular weight is 312 g/mol. The molecule has 0 heterocycles. The molecule has 0 aliphatic heterocycles. The molecule has 7 heteroatoms. The van der Waals surface area contributed by atoms with E-state index in [1.54, 1.807) is 18.2 Å². The molecule has 3 N–H and O–H groups in total. The molecule has 1 aliphatic carbocycles. The number of benzene rings is 1. The molecular formula is C14H20N2O4S. The van der Waals surface area contributed by atoms with Crippen LogP contribution in [0, 0.1) is 5.41 Å². The number of carbonyl (C=O) groups is 1. The second-order valence-electron chi connectivity index (χ2n) is 5.33. The first kappa shape index (κ1) is 15.8. The van der Waals surface area contributed by atoms with Crippen molar-refractivity contribution in [1.29, 1.82) is 0 Å². The van der Waals surface area contributed by atoms with Crippen LogP contribution in [-0.2, 0) is 14.8 Å². The van der Waals surface area contributed by atoms with Gasteiger partial charge in [-0.3, -0.25) is 4.79 Å². The zero-order valence-corrected chi connectivity index (χ0v) is 12.7. The normalized spacial score (nSPS) is 16.4. The van der Waals surface area contributed by atoms with E-state index in [0.29, 0.717) is 31.5 Å². The summed E-state index contributed by atoms with van der Waals surface area (Å²) in [4.78, 5) is 11.3. The number of nitrogens with one attached hydrogen (secondary N) is 2. The predicted molar refractivity (Wildman–Crippen MR) is 79.7 cm³/mol. The summed E-state index contributed by atoms with van der Waals surface area (Å²) in [6.45, 7) is 2.49. The Kier molecular flexibility index (Phi) is 4.53. The van der Waals surface area contributed by atoms with Crippen LogP contribution in [0.15, 0.2) is 29.2 Å². The first-order chi connectivity index (χ1) is 9.91. The Bertz CT molecular complexity index is 624. The molecule has 0 unspecified atom stereocenters. The van der Waals surface area contributed by atoms with Gasteiger partial charge in [-0.2, -0.15) is 0 Å². The van der Waals surface area contributed by atoms with E-state index in [2.05, 4.69) is 10.0 Å². The van der Waals surface area contributed by atoms with Crippen LogP contribution in [-0.4, -0.2) is 32.6 Å². The SMILES string of the molecule is CCCNS(=O)(=O)c1ccccc1NCC1(C(=O)O)CC1. The van der Waals surface area contributed by atoms with Crippen molar-refractivity contribution in [3.8, 4) is 0 Å². The maximum absolute atomic E-state index is 12.2. The van der Waals surface area contributed by atoms with Gasteiger partial charge in [-0.25, -0.2) is 13.1 Å². The Morgan fingerprint density at radius 3 is 2.57 bits per heavy atom. The lowest BCUT2D eigenvalue weighted by Crippen LogP contribution is -2.27. The molecular weight excluding hydrogens is 292 g/mol. The molecule has 0 aromatic heterocycles. The quantitative estimate of drug-likeness (QED) is 0.678. The van der Waals surface area contributed by atoms with E-state index in [4.69, 9.17) is 5.11 Å². The first-order valence-corrected chi connectivity index (χ1v) is 8.45. The van der Waals surface area contributed by atoms with Crippen molar-refractivity contribution >= 4 is 21.7 Å². The molecule has 116 valence electrons. The van der Waals surface area contributed by atoms with Gasteiger partial charge in [-0.15, -0.1) is 0 Å². The fourth-order valence-corrected chi connectivity index (χ4v) is 3.36. The number of sulfonamides is 1. The van der Waals surface area contributed by atoms with Crippen LogP contribution in [0.4, 0.5) is 5.69 Å². The van der Waals surface area contributed by atoms with E-state index in [1.165, 1.54) is 6.07 Å². The van der Waals surface area contributed by atoms with Gasteiger partial charge in [-0.05, 0) is 31.4 Å². The van der Waals surface area contributed by atoms with Gasteiger partial charge >= 0.3 is 5.97 Å². The second kappa shape index (κ2) is 6.03. The highest BCUT2D eigenvalue weighted by atomic mass is 32.2. The smallest absolute Gasteiger partial charge is 0.311 e. The van der Waals surface area contributed by atoms with Crippen LogP contribution in [0.1, 0.15) is 26.2 Å². The Morgan fingerprint density at radius 2 is 2.00 bits per heavy atom. The number of anilines is 1. The second-order valence-corrected chi connectivity index (χ2v) is 7.07. The Morgan fingerprint density at radius 1 is 1.33 bits per heavy atom. The molecule has 1 fully saturated rings. The van der Waals surface area contributed by atoms with E-state index in [1.807, 2.05) is 6.92 Å². The van der Waals surface area contributed by atoms with E-state index in [-0.39, 0.29) is 11.4 Å². The number of hydrogen-bond donors (Lipinski definition) is 3. The van der Waals surface area contributed by atoms with Gasteiger partial charge in [0.05, 0.1) is 11.1 Å². The number of hydrogen-bond acceptors (Lipinski definition) is 4. The average Bonchev–Trinajstić information content (AvgIpc) is 3.24. The van der Waals surface area contributed by atoms with Crippen molar-refractivity contribution in [2.75, 3.05) is 18.4 Å². The molecule has 0 amide bonds. The highest BCUT2D eigenvalue weighted by Gasteiger charge is 2.50. The summed E-state index contributed by atoms with van der Waals surface area (Å²) in [6.07, 6.45) is 1.95. The minimum atomic E-state index is -3.58. The lowest BCUT2D eigenvalue weighted by Gasteiger charge is -2.16. The van der Waals surface area contributed by atoms with E-state index >= 15 is 0 Å². The number of carboxylic acid groups (broad SMARTS) is 1. The number of carboxylic acids is 1. The van der Waals surface area contributed by atoms with Gasteiger partial charge in [0, 0.05) is 13.1 Å². The first-order valence-electron chi connectivity index (χ1n) is 6.97. The van der Waals surface area contributed by atoms with Crippen LogP contribution < -0.4 is 10.0 Å². The van der Waals surface area contributed by atoms with Crippen LogP contribution >= 0.6 is 0 Å². The summed E-state index contributed by atoms with van der Waals surface area (Å²) in [5.41, 5.74) is -0.304. The predicted octanol–water partition coefficient (Wildman–Crippen LogP) is 1.65. The van der Waals surface area contributed by atoms with E-state index < -0.39 is 21.4 Å². The highest BCUT2D eigenvalue weighted by Crippen LogP contribution is 2.46. The number of aliphatic carboxylic acids is 1. The van der Waals surface area contributed by atoms with E-state index in [0.717, 1.165) is 0 Å². The van der Waals surface area contributed by atoms with Crippen molar-refractivity contribution in [2.45, 2.75) is 31.1 Å². The Labute approximate surface area is 124 Å². The third-order valence-electron chi connectivity index (χ3n) is 3.64. The zero-order chi connectivity index (χ0) is 15.5. The fourth-order valence-electron chi connectivity index (χ4n) is 2.04. The molecule has 6 nitrogen and oxygen atoms in total. The van der Waals surface area contributed by atoms with Crippen molar-refractivity contribution in [1.82, 2.24) is 4.72 Å². The summed E-state index contributed by atoms with van der Waals surface area (Å²) in [5, 5.41) is 12.1. The molecule has 0 radical (unpaired) electrons. The number of rotatable bonds is 8. The van der Waals surface area contributed by atoms with E-state index in [9.17, 15) is 13.2 Å². The summed E-state index contributed by atoms with van der Waals surface area (Å²) < 4.78 is 27.0. The monoisotopic (exact) mass is 312 g/mol.